The lowest BCUT2D eigenvalue weighted by Crippen LogP contribution is -2.25. The Morgan fingerprint density at radius 3 is 1.73 bits per heavy atom. The van der Waals surface area contributed by atoms with E-state index in [1.54, 1.807) is 4.88 Å². The summed E-state index contributed by atoms with van der Waals surface area (Å²) in [4.78, 5) is 19.9. The van der Waals surface area contributed by atoms with Gasteiger partial charge in [0.15, 0.2) is 10.8 Å². The number of rotatable bonds is 31. The highest BCUT2D eigenvalue weighted by molar-refractivity contribution is 7.33. The Morgan fingerprint density at radius 1 is 0.618 bits per heavy atom. The fourth-order valence-corrected chi connectivity index (χ4v) is 12.0. The van der Waals surface area contributed by atoms with Gasteiger partial charge in [0, 0.05) is 50.8 Å². The average molecular weight is 774 g/mol. The Kier molecular flexibility index (Phi) is 20.6. The first kappa shape index (κ1) is 45.3. The summed E-state index contributed by atoms with van der Waals surface area (Å²) in [5.74, 6) is 2.17. The van der Waals surface area contributed by atoms with Crippen LogP contribution < -0.4 is 10.6 Å². The first-order valence-electron chi connectivity index (χ1n) is 23.6. The molecule has 5 heteroatoms. The average Bonchev–Trinajstić information content (AvgIpc) is 3.81. The topological polar surface area (TPSA) is 54.6 Å². The zero-order chi connectivity index (χ0) is 39.4. The number of aromatic hydroxyl groups is 1. The van der Waals surface area contributed by atoms with Crippen LogP contribution in [0.1, 0.15) is 225 Å². The highest BCUT2D eigenvalue weighted by Gasteiger charge is 2.34. The molecule has 0 saturated carbocycles. The molecule has 55 heavy (non-hydrogen) atoms. The molecule has 1 aliphatic rings. The van der Waals surface area contributed by atoms with Gasteiger partial charge in [0.1, 0.15) is 5.75 Å². The van der Waals surface area contributed by atoms with Crippen LogP contribution in [0, 0.1) is 5.92 Å². The first-order chi connectivity index (χ1) is 26.9. The van der Waals surface area contributed by atoms with Crippen LogP contribution >= 0.6 is 10.5 Å². The lowest BCUT2D eigenvalue weighted by Gasteiger charge is -2.16. The van der Waals surface area contributed by atoms with Crippen LogP contribution in [0.3, 0.4) is 0 Å². The van der Waals surface area contributed by atoms with E-state index in [0.29, 0.717) is 11.8 Å². The second-order valence-corrected chi connectivity index (χ2v) is 19.1. The minimum absolute atomic E-state index is 0.0403. The second-order valence-electron chi connectivity index (χ2n) is 17.0. The second kappa shape index (κ2) is 25.1. The van der Waals surface area contributed by atoms with Gasteiger partial charge in [-0.1, -0.05) is 164 Å². The molecule has 3 atom stereocenters. The van der Waals surface area contributed by atoms with Crippen LogP contribution in [0.15, 0.2) is 29.3 Å². The van der Waals surface area contributed by atoms with E-state index in [1.807, 2.05) is 6.07 Å². The Morgan fingerprint density at radius 2 is 1.15 bits per heavy atom. The third-order valence-corrected chi connectivity index (χ3v) is 15.1. The zero-order valence-electron chi connectivity index (χ0n) is 36.4. The highest BCUT2D eigenvalue weighted by atomic mass is 32.2. The first-order valence-corrected chi connectivity index (χ1v) is 25.0. The van der Waals surface area contributed by atoms with Gasteiger partial charge in [0.25, 0.3) is 10.9 Å². The predicted octanol–water partition coefficient (Wildman–Crippen LogP) is 14.9. The maximum absolute atomic E-state index is 13.7. The molecule has 3 aromatic rings. The summed E-state index contributed by atoms with van der Waals surface area (Å²) < 4.78 is 2.26. The van der Waals surface area contributed by atoms with E-state index in [4.69, 9.17) is 0 Å². The minimum atomic E-state index is -0.0593. The van der Waals surface area contributed by atoms with Gasteiger partial charge < -0.3 is 5.11 Å². The molecule has 1 aromatic carbocycles. The van der Waals surface area contributed by atoms with Crippen molar-refractivity contribution >= 4 is 32.9 Å². The number of carbonyl (C=O) groups is 1. The molecular weight excluding hydrogens is 693 g/mol. The maximum atomic E-state index is 13.7. The van der Waals surface area contributed by atoms with E-state index in [2.05, 4.69) is 69.3 Å². The van der Waals surface area contributed by atoms with E-state index in [-0.39, 0.29) is 22.3 Å². The van der Waals surface area contributed by atoms with E-state index in [9.17, 15) is 9.90 Å². The normalized spacial score (nSPS) is 14.3. The van der Waals surface area contributed by atoms with E-state index < -0.39 is 0 Å². The number of nitrogens with zero attached hydrogens (tertiary/aromatic N) is 2. The van der Waals surface area contributed by atoms with Crippen LogP contribution in [0.2, 0.25) is 0 Å². The van der Waals surface area contributed by atoms with Crippen molar-refractivity contribution in [2.24, 2.45) is 10.9 Å². The van der Waals surface area contributed by atoms with Crippen molar-refractivity contribution in [1.82, 2.24) is 4.57 Å². The van der Waals surface area contributed by atoms with Crippen molar-refractivity contribution in [2.75, 3.05) is 0 Å². The van der Waals surface area contributed by atoms with Crippen LogP contribution in [0.4, 0.5) is 0 Å². The third kappa shape index (κ3) is 12.8. The number of carbonyl (C=O) groups excluding carboxylic acids is 1. The van der Waals surface area contributed by atoms with Crippen molar-refractivity contribution in [3.8, 4) is 10.9 Å². The van der Waals surface area contributed by atoms with Gasteiger partial charge >= 0.3 is 0 Å². The van der Waals surface area contributed by atoms with Crippen molar-refractivity contribution in [1.29, 1.82) is 0 Å². The molecule has 1 amide bonds. The molecule has 0 bridgehead atoms. The van der Waals surface area contributed by atoms with Crippen LogP contribution in [-0.4, -0.2) is 15.6 Å². The monoisotopic (exact) mass is 774 g/mol. The molecule has 4 rings (SSSR count). The molecule has 0 aliphatic carbocycles. The SMILES string of the molecule is CCCCCCCCCC(CC)C1=c2cc3c(cc(O)n3-c3c(C(CC)CCCCCCCCC)cc(CCCCCC)[s+]3CCCCCC)cc2=NC1=O. The van der Waals surface area contributed by atoms with E-state index in [1.165, 1.54) is 152 Å². The molecule has 0 radical (unpaired) electrons. The number of fused-ring (bicyclic) bond motifs is 2. The van der Waals surface area contributed by atoms with Gasteiger partial charge in [-0.3, -0.25) is 4.79 Å². The fourth-order valence-electron chi connectivity index (χ4n) is 9.18. The number of aromatic nitrogens is 1. The summed E-state index contributed by atoms with van der Waals surface area (Å²) in [6, 6.07) is 8.92. The lowest BCUT2D eigenvalue weighted by atomic mass is 9.89. The molecule has 3 unspecified atom stereocenters. The Labute approximate surface area is 339 Å². The maximum Gasteiger partial charge on any atom is 0.274 e. The summed E-state index contributed by atoms with van der Waals surface area (Å²) in [5, 5.41) is 16.2. The van der Waals surface area contributed by atoms with Gasteiger partial charge in [-0.2, -0.15) is 0 Å². The molecule has 0 spiro atoms. The van der Waals surface area contributed by atoms with Crippen molar-refractivity contribution in [2.45, 2.75) is 227 Å². The van der Waals surface area contributed by atoms with Crippen LogP contribution in [0.25, 0.3) is 21.5 Å². The van der Waals surface area contributed by atoms with Gasteiger partial charge in [0.05, 0.1) is 10.9 Å². The van der Waals surface area contributed by atoms with E-state index >= 15 is 0 Å². The number of aryl methyl sites for hydroxylation is 1. The molecule has 1 aliphatic heterocycles. The summed E-state index contributed by atoms with van der Waals surface area (Å²) in [7, 11) is -0.0593. The van der Waals surface area contributed by atoms with Crippen molar-refractivity contribution in [3.63, 3.8) is 0 Å². The molecule has 1 N–H and O–H groups in total. The Balaban J connectivity index is 1.79. The number of thiophene rings is 1. The van der Waals surface area contributed by atoms with Gasteiger partial charge in [-0.25, -0.2) is 9.56 Å². The zero-order valence-corrected chi connectivity index (χ0v) is 37.2. The predicted molar refractivity (Wildman–Crippen MR) is 241 cm³/mol. The van der Waals surface area contributed by atoms with Gasteiger partial charge in [0.2, 0.25) is 0 Å². The largest absolute Gasteiger partial charge is 0.494 e. The van der Waals surface area contributed by atoms with Crippen LogP contribution in [-0.2, 0) is 17.0 Å². The lowest BCUT2D eigenvalue weighted by molar-refractivity contribution is -0.113. The quantitative estimate of drug-likeness (QED) is 0.0523. The molecule has 4 nitrogen and oxygen atoms in total. The third-order valence-electron chi connectivity index (χ3n) is 12.6. The molecule has 0 fully saturated rings. The molecule has 0 saturated heterocycles. The fraction of sp³-hybridized carbons (Fsp3) is 0.720. The van der Waals surface area contributed by atoms with Gasteiger partial charge in [-0.05, 0) is 68.9 Å². The standard InChI is InChI=1S/C50H80N2O2S/c1-7-13-17-21-23-25-27-31-39(11-5)43-37-42(33-29-19-15-9-3)55(34-30-20-16-10-4)50(43)52-46-38-44-45(35-41(46)36-47(52)53)51-49(54)48(44)40(12-6)32-28-26-24-22-18-14-8-2/h35-40H,7-34H2,1-6H3/p+1. The Bertz CT molecular complexity index is 1700. The molecule has 308 valence electrons. The molecular formula is C50H81N2O2S+. The number of hydrogen-bond acceptors (Lipinski definition) is 2. The smallest absolute Gasteiger partial charge is 0.274 e. The number of amides is 1. The van der Waals surface area contributed by atoms with E-state index in [0.717, 1.165) is 64.9 Å². The minimum Gasteiger partial charge on any atom is -0.494 e. The van der Waals surface area contributed by atoms with Gasteiger partial charge in [-0.15, -0.1) is 0 Å². The summed E-state index contributed by atoms with van der Waals surface area (Å²) in [5.41, 5.74) is 3.45. The number of hydrogen-bond donors (Lipinski definition) is 1. The van der Waals surface area contributed by atoms with Crippen molar-refractivity contribution in [3.05, 3.63) is 45.3 Å². The summed E-state index contributed by atoms with van der Waals surface area (Å²) in [6.07, 6.45) is 33.9. The molecule has 3 heterocycles. The number of unbranched alkanes of at least 4 members (excludes halogenated alkanes) is 18. The van der Waals surface area contributed by atoms with Crippen LogP contribution in [0.5, 0.6) is 5.88 Å². The summed E-state index contributed by atoms with van der Waals surface area (Å²) in [6.45, 7) is 13.8. The van der Waals surface area contributed by atoms with Crippen molar-refractivity contribution < 1.29 is 9.90 Å². The number of benzene rings is 1. The molecule has 2 aromatic heterocycles. The highest BCUT2D eigenvalue weighted by Crippen LogP contribution is 2.48. The Hall–Kier alpha value is -2.40. The summed E-state index contributed by atoms with van der Waals surface area (Å²) >= 11 is 0.